The minimum Gasteiger partial charge on any atom is -0.369 e. The Morgan fingerprint density at radius 1 is 1.22 bits per heavy atom. The van der Waals surface area contributed by atoms with E-state index in [1.54, 1.807) is 17.6 Å². The SMILES string of the molecule is NC(N)=NN=Cc1ccc(-c2cccc(Cl)c2)s1. The summed E-state index contributed by atoms with van der Waals surface area (Å²) in [6.45, 7) is 0. The standard InChI is InChI=1S/C12H11ClN4S/c13-9-3-1-2-8(6-9)11-5-4-10(18-11)7-16-17-12(14)15/h1-7H,(H4,14,15,17). The van der Waals surface area contributed by atoms with Crippen LogP contribution in [-0.2, 0) is 0 Å². The molecule has 0 saturated carbocycles. The number of benzene rings is 1. The molecular weight excluding hydrogens is 268 g/mol. The van der Waals surface area contributed by atoms with Crippen LogP contribution >= 0.6 is 22.9 Å². The maximum absolute atomic E-state index is 5.95. The lowest BCUT2D eigenvalue weighted by atomic mass is 10.2. The fraction of sp³-hybridized carbons (Fsp3) is 0. The highest BCUT2D eigenvalue weighted by Gasteiger charge is 2.01. The predicted molar refractivity (Wildman–Crippen MR) is 78.2 cm³/mol. The van der Waals surface area contributed by atoms with Crippen LogP contribution in [0.25, 0.3) is 10.4 Å². The van der Waals surface area contributed by atoms with Crippen molar-refractivity contribution in [3.05, 3.63) is 46.3 Å². The fourth-order valence-corrected chi connectivity index (χ4v) is 2.43. The molecule has 1 aromatic heterocycles. The summed E-state index contributed by atoms with van der Waals surface area (Å²) in [7, 11) is 0. The number of halogens is 1. The average Bonchev–Trinajstić information content (AvgIpc) is 2.77. The minimum atomic E-state index is -0.0575. The zero-order valence-electron chi connectivity index (χ0n) is 9.38. The lowest BCUT2D eigenvalue weighted by molar-refractivity contribution is 1.22. The van der Waals surface area contributed by atoms with E-state index in [0.717, 1.165) is 20.3 Å². The lowest BCUT2D eigenvalue weighted by Crippen LogP contribution is -2.21. The molecule has 2 rings (SSSR count). The van der Waals surface area contributed by atoms with Gasteiger partial charge in [0, 0.05) is 14.8 Å². The molecule has 4 nitrogen and oxygen atoms in total. The maximum Gasteiger partial charge on any atom is 0.211 e. The van der Waals surface area contributed by atoms with Crippen molar-refractivity contribution in [2.75, 3.05) is 0 Å². The first kappa shape index (κ1) is 12.6. The van der Waals surface area contributed by atoms with E-state index < -0.39 is 0 Å². The van der Waals surface area contributed by atoms with Crippen molar-refractivity contribution >= 4 is 35.1 Å². The van der Waals surface area contributed by atoms with Crippen molar-refractivity contribution in [3.63, 3.8) is 0 Å². The normalized spacial score (nSPS) is 10.7. The van der Waals surface area contributed by atoms with Gasteiger partial charge in [0.05, 0.1) is 6.21 Å². The van der Waals surface area contributed by atoms with Crippen molar-refractivity contribution in [1.29, 1.82) is 0 Å². The molecule has 0 aliphatic carbocycles. The highest BCUT2D eigenvalue weighted by atomic mass is 35.5. The smallest absolute Gasteiger partial charge is 0.211 e. The second-order valence-electron chi connectivity index (χ2n) is 3.48. The zero-order valence-corrected chi connectivity index (χ0v) is 10.9. The number of hydrogen-bond donors (Lipinski definition) is 2. The van der Waals surface area contributed by atoms with Gasteiger partial charge in [0.25, 0.3) is 0 Å². The summed E-state index contributed by atoms with van der Waals surface area (Å²) in [6, 6.07) is 11.7. The Labute approximate surface area is 114 Å². The second-order valence-corrected chi connectivity index (χ2v) is 5.03. The van der Waals surface area contributed by atoms with Crippen molar-refractivity contribution in [2.24, 2.45) is 21.7 Å². The first-order valence-electron chi connectivity index (χ1n) is 5.13. The van der Waals surface area contributed by atoms with Crippen molar-refractivity contribution in [3.8, 4) is 10.4 Å². The largest absolute Gasteiger partial charge is 0.369 e. The molecule has 92 valence electrons. The van der Waals surface area contributed by atoms with Crippen LogP contribution < -0.4 is 11.5 Å². The topological polar surface area (TPSA) is 76.8 Å². The first-order chi connectivity index (χ1) is 8.65. The van der Waals surface area contributed by atoms with E-state index in [4.69, 9.17) is 23.1 Å². The number of nitrogens with two attached hydrogens (primary N) is 2. The summed E-state index contributed by atoms with van der Waals surface area (Å²) in [6.07, 6.45) is 1.61. The van der Waals surface area contributed by atoms with Crippen LogP contribution in [0.15, 0.2) is 46.6 Å². The Morgan fingerprint density at radius 3 is 2.78 bits per heavy atom. The van der Waals surface area contributed by atoms with Gasteiger partial charge in [-0.3, -0.25) is 0 Å². The monoisotopic (exact) mass is 278 g/mol. The van der Waals surface area contributed by atoms with E-state index in [1.807, 2.05) is 36.4 Å². The molecule has 0 aliphatic rings. The molecule has 18 heavy (non-hydrogen) atoms. The molecule has 6 heteroatoms. The Balaban J connectivity index is 2.20. The van der Waals surface area contributed by atoms with E-state index >= 15 is 0 Å². The number of guanidine groups is 1. The zero-order chi connectivity index (χ0) is 13.0. The van der Waals surface area contributed by atoms with Gasteiger partial charge in [-0.25, -0.2) is 0 Å². The van der Waals surface area contributed by atoms with E-state index in [0.29, 0.717) is 0 Å². The van der Waals surface area contributed by atoms with Crippen LogP contribution in [0.1, 0.15) is 4.88 Å². The van der Waals surface area contributed by atoms with Gasteiger partial charge in [-0.1, -0.05) is 23.7 Å². The van der Waals surface area contributed by atoms with Crippen LogP contribution in [0.3, 0.4) is 0 Å². The molecule has 0 unspecified atom stereocenters. The van der Waals surface area contributed by atoms with Crippen molar-refractivity contribution in [2.45, 2.75) is 0 Å². The second kappa shape index (κ2) is 5.66. The summed E-state index contributed by atoms with van der Waals surface area (Å²) in [5.41, 5.74) is 11.4. The summed E-state index contributed by atoms with van der Waals surface area (Å²) >= 11 is 7.54. The van der Waals surface area contributed by atoms with Crippen molar-refractivity contribution < 1.29 is 0 Å². The summed E-state index contributed by atoms with van der Waals surface area (Å²) in [5.74, 6) is -0.0575. The summed E-state index contributed by atoms with van der Waals surface area (Å²) in [4.78, 5) is 2.08. The van der Waals surface area contributed by atoms with E-state index in [9.17, 15) is 0 Å². The van der Waals surface area contributed by atoms with Crippen molar-refractivity contribution in [1.82, 2.24) is 0 Å². The molecule has 0 amide bonds. The van der Waals surface area contributed by atoms with E-state index in [1.165, 1.54) is 0 Å². The Kier molecular flexibility index (Phi) is 3.96. The molecule has 0 fully saturated rings. The van der Waals surface area contributed by atoms with Crippen LogP contribution in [0, 0.1) is 0 Å². The van der Waals surface area contributed by atoms with Gasteiger partial charge < -0.3 is 11.5 Å². The van der Waals surface area contributed by atoms with Crippen LogP contribution in [0.2, 0.25) is 5.02 Å². The quantitative estimate of drug-likeness (QED) is 0.514. The lowest BCUT2D eigenvalue weighted by Gasteiger charge is -1.96. The van der Waals surface area contributed by atoms with Gasteiger partial charge in [0.15, 0.2) is 0 Å². The van der Waals surface area contributed by atoms with Crippen LogP contribution in [-0.4, -0.2) is 12.2 Å². The molecule has 0 spiro atoms. The number of hydrogen-bond acceptors (Lipinski definition) is 3. The minimum absolute atomic E-state index is 0.0575. The third-order valence-electron chi connectivity index (χ3n) is 2.09. The Bertz CT molecular complexity index is 600. The third-order valence-corrected chi connectivity index (χ3v) is 3.40. The Hall–Kier alpha value is -1.85. The molecule has 0 radical (unpaired) electrons. The molecule has 0 atom stereocenters. The molecule has 0 aliphatic heterocycles. The van der Waals surface area contributed by atoms with E-state index in [2.05, 4.69) is 10.2 Å². The fourth-order valence-electron chi connectivity index (χ4n) is 1.37. The van der Waals surface area contributed by atoms with Gasteiger partial charge in [-0.15, -0.1) is 16.4 Å². The van der Waals surface area contributed by atoms with Gasteiger partial charge in [0.1, 0.15) is 0 Å². The predicted octanol–water partition coefficient (Wildman–Crippen LogP) is 2.68. The van der Waals surface area contributed by atoms with Gasteiger partial charge in [0.2, 0.25) is 5.96 Å². The Morgan fingerprint density at radius 2 is 2.06 bits per heavy atom. The highest BCUT2D eigenvalue weighted by molar-refractivity contribution is 7.17. The van der Waals surface area contributed by atoms with Gasteiger partial charge in [-0.05, 0) is 29.8 Å². The number of thiophene rings is 1. The highest BCUT2D eigenvalue weighted by Crippen LogP contribution is 2.28. The van der Waals surface area contributed by atoms with Gasteiger partial charge >= 0.3 is 0 Å². The van der Waals surface area contributed by atoms with Crippen LogP contribution in [0.4, 0.5) is 0 Å². The first-order valence-corrected chi connectivity index (χ1v) is 6.32. The molecule has 1 heterocycles. The molecule has 1 aromatic carbocycles. The molecule has 4 N–H and O–H groups in total. The molecule has 2 aromatic rings. The molecular formula is C12H11ClN4S. The van der Waals surface area contributed by atoms with Gasteiger partial charge in [-0.2, -0.15) is 5.10 Å². The number of nitrogens with zero attached hydrogens (tertiary/aromatic N) is 2. The summed E-state index contributed by atoms with van der Waals surface area (Å²) < 4.78 is 0. The summed E-state index contributed by atoms with van der Waals surface area (Å²) in [5, 5.41) is 8.03. The number of rotatable bonds is 3. The maximum atomic E-state index is 5.95. The van der Waals surface area contributed by atoms with Crippen LogP contribution in [0.5, 0.6) is 0 Å². The third kappa shape index (κ3) is 3.32. The average molecular weight is 279 g/mol. The molecule has 0 saturated heterocycles. The van der Waals surface area contributed by atoms with E-state index in [-0.39, 0.29) is 5.96 Å². The molecule has 0 bridgehead atoms.